The summed E-state index contributed by atoms with van der Waals surface area (Å²) in [5.74, 6) is -0.443. The van der Waals surface area contributed by atoms with Gasteiger partial charge in [0.1, 0.15) is 24.6 Å². The molecule has 0 spiro atoms. The van der Waals surface area contributed by atoms with Gasteiger partial charge in [-0.3, -0.25) is 14.3 Å². The van der Waals surface area contributed by atoms with Crippen molar-refractivity contribution in [3.8, 4) is 11.5 Å². The normalized spacial score (nSPS) is 17.0. The Balaban J connectivity index is 1.86. The molecule has 190 valence electrons. The molecule has 2 heterocycles. The zero-order chi connectivity index (χ0) is 26.1. The zero-order valence-corrected chi connectivity index (χ0v) is 19.9. The lowest BCUT2D eigenvalue weighted by molar-refractivity contribution is -0.274. The second-order valence-electron chi connectivity index (χ2n) is 7.98. The number of aliphatic imine (C=N–C) groups is 1. The van der Waals surface area contributed by atoms with Crippen LogP contribution in [0.2, 0.25) is 5.02 Å². The number of aromatic amines is 1. The number of halogens is 4. The quantitative estimate of drug-likeness (QED) is 0.473. The third kappa shape index (κ3) is 5.15. The van der Waals surface area contributed by atoms with E-state index in [1.807, 2.05) is 0 Å². The Morgan fingerprint density at radius 3 is 2.47 bits per heavy atom. The van der Waals surface area contributed by atoms with E-state index < -0.39 is 23.4 Å². The number of ether oxygens (including phenoxy) is 3. The van der Waals surface area contributed by atoms with Crippen LogP contribution in [0.25, 0.3) is 0 Å². The van der Waals surface area contributed by atoms with Gasteiger partial charge in [-0.15, -0.1) is 18.2 Å². The Labute approximate surface area is 207 Å². The van der Waals surface area contributed by atoms with E-state index in [0.717, 1.165) is 22.3 Å². The van der Waals surface area contributed by atoms with Gasteiger partial charge in [-0.1, -0.05) is 29.8 Å². The Bertz CT molecular complexity index is 1420. The van der Waals surface area contributed by atoms with Crippen molar-refractivity contribution in [2.24, 2.45) is 12.0 Å². The fourth-order valence-corrected chi connectivity index (χ4v) is 4.05. The molecule has 36 heavy (non-hydrogen) atoms. The molecule has 4 rings (SSSR count). The molecule has 0 aliphatic carbocycles. The maximum absolute atomic E-state index is 13.1. The highest BCUT2D eigenvalue weighted by Gasteiger charge is 2.50. The van der Waals surface area contributed by atoms with Crippen molar-refractivity contribution in [1.29, 1.82) is 0 Å². The van der Waals surface area contributed by atoms with E-state index in [9.17, 15) is 22.8 Å². The van der Waals surface area contributed by atoms with Crippen LogP contribution in [0.1, 0.15) is 5.56 Å². The lowest BCUT2D eigenvalue weighted by Crippen LogP contribution is -2.58. The van der Waals surface area contributed by atoms with E-state index >= 15 is 0 Å². The number of amidine groups is 1. The fraction of sp³-hybridized carbons (Fsp3) is 0.261. The van der Waals surface area contributed by atoms with Gasteiger partial charge in [0, 0.05) is 30.8 Å². The number of nitrogens with zero attached hydrogens (tertiary/aromatic N) is 3. The van der Waals surface area contributed by atoms with Crippen LogP contribution in [0.15, 0.2) is 63.1 Å². The highest BCUT2D eigenvalue weighted by Crippen LogP contribution is 2.39. The van der Waals surface area contributed by atoms with Gasteiger partial charge in [0.2, 0.25) is 5.82 Å². The molecule has 9 nitrogen and oxygen atoms in total. The van der Waals surface area contributed by atoms with E-state index in [4.69, 9.17) is 21.1 Å². The summed E-state index contributed by atoms with van der Waals surface area (Å²) in [5, 5.41) is 0.510. The third-order valence-corrected chi connectivity index (χ3v) is 5.81. The number of hydrogen-bond acceptors (Lipinski definition) is 6. The number of rotatable bonds is 7. The molecule has 0 bridgehead atoms. The molecular formula is C23H21ClF3N4O5+. The number of nitrogens with one attached hydrogen (secondary N) is 1. The first-order chi connectivity index (χ1) is 17.0. The molecular weight excluding hydrogens is 505 g/mol. The number of fused-ring (bicyclic) bond motifs is 1. The van der Waals surface area contributed by atoms with Crippen molar-refractivity contribution in [1.82, 2.24) is 14.0 Å². The number of quaternary nitrogens is 1. The van der Waals surface area contributed by atoms with Crippen LogP contribution in [-0.4, -0.2) is 42.2 Å². The fourth-order valence-electron chi connectivity index (χ4n) is 3.92. The molecule has 1 unspecified atom stereocenters. The van der Waals surface area contributed by atoms with Gasteiger partial charge in [0.05, 0.1) is 6.61 Å². The minimum absolute atomic E-state index is 0.0132. The van der Waals surface area contributed by atoms with E-state index in [-0.39, 0.29) is 47.5 Å². The van der Waals surface area contributed by atoms with Crippen LogP contribution < -0.4 is 25.2 Å². The Morgan fingerprint density at radius 1 is 1.11 bits per heavy atom. The smallest absolute Gasteiger partial charge is 0.406 e. The van der Waals surface area contributed by atoms with Crippen LogP contribution in [0.5, 0.6) is 11.5 Å². The molecule has 0 radical (unpaired) electrons. The molecule has 0 fully saturated rings. The Hall–Kier alpha value is -3.61. The number of benzene rings is 2. The highest BCUT2D eigenvalue weighted by molar-refractivity contribution is 6.30. The molecule has 13 heteroatoms. The SMILES string of the molecule is COCC[N+]1(Cc2ccc(Cl)cc2)C(Oc2cccc(OC(F)(F)F)c2)=Nc2c1c(=O)[nH]c(=O)n2C. The largest absolute Gasteiger partial charge is 0.573 e. The van der Waals surface area contributed by atoms with Gasteiger partial charge in [0.15, 0.2) is 0 Å². The van der Waals surface area contributed by atoms with Gasteiger partial charge < -0.3 is 14.2 Å². The van der Waals surface area contributed by atoms with Crippen LogP contribution in [-0.2, 0) is 18.3 Å². The minimum Gasteiger partial charge on any atom is -0.406 e. The molecule has 1 aliphatic rings. The second kappa shape index (κ2) is 9.80. The maximum Gasteiger partial charge on any atom is 0.573 e. The van der Waals surface area contributed by atoms with Crippen molar-refractivity contribution in [3.63, 3.8) is 0 Å². The minimum atomic E-state index is -4.89. The van der Waals surface area contributed by atoms with Gasteiger partial charge >= 0.3 is 23.6 Å². The van der Waals surface area contributed by atoms with Crippen molar-refractivity contribution in [2.75, 3.05) is 20.3 Å². The van der Waals surface area contributed by atoms with Gasteiger partial charge in [-0.2, -0.15) is 4.48 Å². The van der Waals surface area contributed by atoms with Crippen LogP contribution in [0.4, 0.5) is 24.7 Å². The van der Waals surface area contributed by atoms with Gasteiger partial charge in [0.25, 0.3) is 5.69 Å². The number of hydrogen-bond donors (Lipinski definition) is 1. The highest BCUT2D eigenvalue weighted by atomic mass is 35.5. The van der Waals surface area contributed by atoms with Crippen molar-refractivity contribution in [2.45, 2.75) is 12.9 Å². The number of aromatic nitrogens is 2. The topological polar surface area (TPSA) is 94.9 Å². The Kier molecular flexibility index (Phi) is 6.94. The maximum atomic E-state index is 13.1. The molecule has 0 amide bonds. The predicted molar refractivity (Wildman–Crippen MR) is 127 cm³/mol. The van der Waals surface area contributed by atoms with Crippen LogP contribution in [0.3, 0.4) is 0 Å². The standard InChI is InChI=1S/C23H20ClF3N4O5/c1-30-19-18(20(32)29-21(30)33)31(10-11-34-2,13-14-6-8-15(24)9-7-14)22(28-19)35-16-4-3-5-17(12-16)36-23(25,26)27/h3-9,12H,10-11,13H2,1-2H3/p+1. The van der Waals surface area contributed by atoms with Crippen molar-refractivity contribution >= 4 is 29.1 Å². The molecule has 0 saturated carbocycles. The van der Waals surface area contributed by atoms with Crippen LogP contribution >= 0.6 is 11.6 Å². The zero-order valence-electron chi connectivity index (χ0n) is 19.1. The Morgan fingerprint density at radius 2 is 1.81 bits per heavy atom. The molecule has 1 atom stereocenters. The van der Waals surface area contributed by atoms with Gasteiger partial charge in [-0.25, -0.2) is 4.79 Å². The second-order valence-corrected chi connectivity index (χ2v) is 8.41. The third-order valence-electron chi connectivity index (χ3n) is 5.56. The summed E-state index contributed by atoms with van der Waals surface area (Å²) in [6, 6.07) is 11.8. The lowest BCUT2D eigenvalue weighted by atomic mass is 10.1. The number of methoxy groups -OCH3 is 1. The molecule has 2 aromatic carbocycles. The molecule has 0 saturated heterocycles. The summed E-state index contributed by atoms with van der Waals surface area (Å²) in [7, 11) is 2.92. The molecule has 1 aromatic heterocycles. The first-order valence-electron chi connectivity index (χ1n) is 10.6. The van der Waals surface area contributed by atoms with E-state index in [1.165, 1.54) is 26.3 Å². The summed E-state index contributed by atoms with van der Waals surface area (Å²) < 4.78 is 54.3. The van der Waals surface area contributed by atoms with Crippen LogP contribution in [0, 0.1) is 0 Å². The summed E-state index contributed by atoms with van der Waals surface area (Å²) in [6.45, 7) is 0.465. The van der Waals surface area contributed by atoms with E-state index in [0.29, 0.717) is 5.02 Å². The molecule has 1 N–H and O–H groups in total. The summed E-state index contributed by atoms with van der Waals surface area (Å²) >= 11 is 6.03. The van der Waals surface area contributed by atoms with E-state index in [2.05, 4.69) is 14.7 Å². The number of alkyl halides is 3. The number of H-pyrrole nitrogens is 1. The average Bonchev–Trinajstić information content (AvgIpc) is 3.11. The summed E-state index contributed by atoms with van der Waals surface area (Å²) in [4.78, 5) is 32.1. The molecule has 1 aliphatic heterocycles. The lowest BCUT2D eigenvalue weighted by Gasteiger charge is -2.32. The predicted octanol–water partition coefficient (Wildman–Crippen LogP) is 3.86. The van der Waals surface area contributed by atoms with E-state index in [1.54, 1.807) is 24.3 Å². The summed E-state index contributed by atoms with van der Waals surface area (Å²) in [5.41, 5.74) is -0.473. The van der Waals surface area contributed by atoms with Gasteiger partial charge in [-0.05, 0) is 24.3 Å². The van der Waals surface area contributed by atoms with Crippen molar-refractivity contribution < 1.29 is 27.4 Å². The monoisotopic (exact) mass is 525 g/mol. The average molecular weight is 526 g/mol. The molecule has 3 aromatic rings. The first kappa shape index (κ1) is 25.5. The summed E-state index contributed by atoms with van der Waals surface area (Å²) in [6.07, 6.45) is -4.89. The van der Waals surface area contributed by atoms with Crippen molar-refractivity contribution in [3.05, 3.63) is 80.0 Å². The first-order valence-corrected chi connectivity index (χ1v) is 11.0.